The van der Waals surface area contributed by atoms with Crippen molar-refractivity contribution in [3.63, 3.8) is 0 Å². The van der Waals surface area contributed by atoms with Crippen molar-refractivity contribution in [1.82, 2.24) is 10.6 Å². The van der Waals surface area contributed by atoms with Crippen molar-refractivity contribution < 1.29 is 9.84 Å². The Labute approximate surface area is 147 Å². The highest BCUT2D eigenvalue weighted by molar-refractivity contribution is 14.0. The number of aliphatic hydroxyl groups excluding tert-OH is 1. The topological polar surface area (TPSA) is 65.9 Å². The van der Waals surface area contributed by atoms with E-state index in [9.17, 15) is 0 Å². The van der Waals surface area contributed by atoms with Crippen LogP contribution in [0.4, 0.5) is 0 Å². The van der Waals surface area contributed by atoms with Gasteiger partial charge in [-0.3, -0.25) is 4.99 Å². The molecule has 0 bridgehead atoms. The molecule has 0 spiro atoms. The number of rotatable bonds is 11. The standard InChI is InChI=1S/C15H33N3O2.HI/c1-5-16-15(17-8-6-10-20-4)18-12-14(7-9-19)11-13(2)3;/h13-14,19H,5-12H2,1-4H3,(H2,16,17,18);1H. The summed E-state index contributed by atoms with van der Waals surface area (Å²) in [5.41, 5.74) is 0. The van der Waals surface area contributed by atoms with E-state index in [1.807, 2.05) is 0 Å². The predicted octanol–water partition coefficient (Wildman–Crippen LogP) is 2.24. The Bertz CT molecular complexity index is 251. The first kappa shape index (κ1) is 23.2. The van der Waals surface area contributed by atoms with Crippen LogP contribution in [0.25, 0.3) is 0 Å². The highest BCUT2D eigenvalue weighted by atomic mass is 127. The molecule has 0 fully saturated rings. The first-order valence-electron chi connectivity index (χ1n) is 7.75. The lowest BCUT2D eigenvalue weighted by atomic mass is 9.94. The van der Waals surface area contributed by atoms with E-state index >= 15 is 0 Å². The number of nitrogens with one attached hydrogen (secondary N) is 2. The smallest absolute Gasteiger partial charge is 0.191 e. The monoisotopic (exact) mass is 415 g/mol. The number of nitrogens with zero attached hydrogens (tertiary/aromatic N) is 1. The Kier molecular flexibility index (Phi) is 18.0. The van der Waals surface area contributed by atoms with Crippen LogP contribution in [0.3, 0.4) is 0 Å². The molecule has 1 unspecified atom stereocenters. The summed E-state index contributed by atoms with van der Waals surface area (Å²) in [5, 5.41) is 15.7. The number of hydrogen-bond donors (Lipinski definition) is 3. The Morgan fingerprint density at radius 2 is 2.00 bits per heavy atom. The number of aliphatic imine (C=N–C) groups is 1. The second-order valence-electron chi connectivity index (χ2n) is 5.50. The molecule has 0 aliphatic carbocycles. The molecule has 5 nitrogen and oxygen atoms in total. The lowest BCUT2D eigenvalue weighted by molar-refractivity contribution is 0.195. The maximum atomic E-state index is 9.13. The van der Waals surface area contributed by atoms with Crippen molar-refractivity contribution >= 4 is 29.9 Å². The van der Waals surface area contributed by atoms with Gasteiger partial charge in [0.25, 0.3) is 0 Å². The molecule has 0 aromatic heterocycles. The van der Waals surface area contributed by atoms with Gasteiger partial charge >= 0.3 is 0 Å². The van der Waals surface area contributed by atoms with Gasteiger partial charge in [-0.2, -0.15) is 0 Å². The van der Waals surface area contributed by atoms with Crippen LogP contribution in [-0.4, -0.2) is 51.0 Å². The average Bonchev–Trinajstić information content (AvgIpc) is 2.40. The van der Waals surface area contributed by atoms with Gasteiger partial charge in [0, 0.05) is 40.0 Å². The van der Waals surface area contributed by atoms with Gasteiger partial charge in [-0.15, -0.1) is 24.0 Å². The zero-order chi connectivity index (χ0) is 15.2. The van der Waals surface area contributed by atoms with Crippen molar-refractivity contribution in [2.24, 2.45) is 16.8 Å². The maximum absolute atomic E-state index is 9.13. The number of methoxy groups -OCH3 is 1. The van der Waals surface area contributed by atoms with E-state index in [2.05, 4.69) is 36.4 Å². The lowest BCUT2D eigenvalue weighted by Gasteiger charge is -2.17. The summed E-state index contributed by atoms with van der Waals surface area (Å²) < 4.78 is 5.03. The molecule has 6 heteroatoms. The molecule has 0 rings (SSSR count). The van der Waals surface area contributed by atoms with E-state index in [1.54, 1.807) is 7.11 Å². The summed E-state index contributed by atoms with van der Waals surface area (Å²) in [6.07, 6.45) is 2.89. The minimum absolute atomic E-state index is 0. The summed E-state index contributed by atoms with van der Waals surface area (Å²) in [4.78, 5) is 4.63. The van der Waals surface area contributed by atoms with Crippen LogP contribution in [0.2, 0.25) is 0 Å². The normalized spacial score (nSPS) is 13.0. The average molecular weight is 415 g/mol. The molecular weight excluding hydrogens is 381 g/mol. The Morgan fingerprint density at radius 3 is 2.52 bits per heavy atom. The molecule has 0 saturated carbocycles. The Hall–Kier alpha value is -0.0800. The zero-order valence-corrected chi connectivity index (χ0v) is 16.4. The van der Waals surface area contributed by atoms with Gasteiger partial charge in [-0.05, 0) is 38.0 Å². The fourth-order valence-corrected chi connectivity index (χ4v) is 2.12. The number of ether oxygens (including phenoxy) is 1. The first-order valence-corrected chi connectivity index (χ1v) is 7.75. The van der Waals surface area contributed by atoms with Crippen LogP contribution >= 0.6 is 24.0 Å². The van der Waals surface area contributed by atoms with E-state index < -0.39 is 0 Å². The van der Waals surface area contributed by atoms with Crippen LogP contribution in [0.1, 0.15) is 40.0 Å². The number of guanidine groups is 1. The van der Waals surface area contributed by atoms with Crippen LogP contribution in [0, 0.1) is 11.8 Å². The molecule has 0 aromatic rings. The Balaban J connectivity index is 0. The largest absolute Gasteiger partial charge is 0.396 e. The first-order chi connectivity index (χ1) is 9.63. The zero-order valence-electron chi connectivity index (χ0n) is 14.0. The van der Waals surface area contributed by atoms with Crippen LogP contribution in [0.15, 0.2) is 4.99 Å². The van der Waals surface area contributed by atoms with Gasteiger partial charge in [0.2, 0.25) is 0 Å². The van der Waals surface area contributed by atoms with Gasteiger partial charge in [-0.25, -0.2) is 0 Å². The van der Waals surface area contributed by atoms with E-state index in [4.69, 9.17) is 9.84 Å². The molecule has 128 valence electrons. The molecule has 0 aliphatic heterocycles. The highest BCUT2D eigenvalue weighted by Crippen LogP contribution is 2.15. The third-order valence-electron chi connectivity index (χ3n) is 3.01. The van der Waals surface area contributed by atoms with Crippen molar-refractivity contribution in [2.75, 3.05) is 40.0 Å². The van der Waals surface area contributed by atoms with Gasteiger partial charge in [0.15, 0.2) is 5.96 Å². The number of aliphatic hydroxyl groups is 1. The van der Waals surface area contributed by atoms with Crippen molar-refractivity contribution in [3.8, 4) is 0 Å². The quantitative estimate of drug-likeness (QED) is 0.210. The fourth-order valence-electron chi connectivity index (χ4n) is 2.12. The van der Waals surface area contributed by atoms with Gasteiger partial charge in [-0.1, -0.05) is 13.8 Å². The van der Waals surface area contributed by atoms with Gasteiger partial charge in [0.05, 0.1) is 0 Å². The molecule has 0 heterocycles. The van der Waals surface area contributed by atoms with E-state index in [0.717, 1.165) is 51.5 Å². The van der Waals surface area contributed by atoms with Crippen molar-refractivity contribution in [3.05, 3.63) is 0 Å². The van der Waals surface area contributed by atoms with Crippen molar-refractivity contribution in [1.29, 1.82) is 0 Å². The molecule has 0 aromatic carbocycles. The third-order valence-corrected chi connectivity index (χ3v) is 3.01. The number of halogens is 1. The molecular formula is C15H34IN3O2. The van der Waals surface area contributed by atoms with Crippen LogP contribution < -0.4 is 10.6 Å². The molecule has 0 radical (unpaired) electrons. The molecule has 0 amide bonds. The van der Waals surface area contributed by atoms with Crippen LogP contribution in [0.5, 0.6) is 0 Å². The minimum Gasteiger partial charge on any atom is -0.396 e. The second kappa shape index (κ2) is 16.3. The van der Waals surface area contributed by atoms with Gasteiger partial charge in [0.1, 0.15) is 0 Å². The fraction of sp³-hybridized carbons (Fsp3) is 0.933. The second-order valence-corrected chi connectivity index (χ2v) is 5.50. The van der Waals surface area contributed by atoms with E-state index in [-0.39, 0.29) is 30.6 Å². The Morgan fingerprint density at radius 1 is 1.29 bits per heavy atom. The molecule has 1 atom stereocenters. The minimum atomic E-state index is 0. The van der Waals surface area contributed by atoms with E-state index in [0.29, 0.717) is 11.8 Å². The molecule has 0 saturated heterocycles. The molecule has 21 heavy (non-hydrogen) atoms. The van der Waals surface area contributed by atoms with E-state index in [1.165, 1.54) is 0 Å². The summed E-state index contributed by atoms with van der Waals surface area (Å²) >= 11 is 0. The van der Waals surface area contributed by atoms with Gasteiger partial charge < -0.3 is 20.5 Å². The SMILES string of the molecule is CCNC(=NCC(CCO)CC(C)C)NCCCOC.I. The highest BCUT2D eigenvalue weighted by Gasteiger charge is 2.10. The molecule has 3 N–H and O–H groups in total. The third kappa shape index (κ3) is 14.6. The predicted molar refractivity (Wildman–Crippen MR) is 101 cm³/mol. The summed E-state index contributed by atoms with van der Waals surface area (Å²) in [6, 6.07) is 0. The summed E-state index contributed by atoms with van der Waals surface area (Å²) in [6.45, 7) is 9.95. The summed E-state index contributed by atoms with van der Waals surface area (Å²) in [7, 11) is 1.71. The lowest BCUT2D eigenvalue weighted by Crippen LogP contribution is -2.38. The maximum Gasteiger partial charge on any atom is 0.191 e. The van der Waals surface area contributed by atoms with Crippen LogP contribution in [-0.2, 0) is 4.74 Å². The molecule has 0 aliphatic rings. The van der Waals surface area contributed by atoms with Crippen molar-refractivity contribution in [2.45, 2.75) is 40.0 Å². The summed E-state index contributed by atoms with van der Waals surface area (Å²) in [5.74, 6) is 1.95. The number of hydrogen-bond acceptors (Lipinski definition) is 3.